The monoisotopic (exact) mass is 494 g/mol. The number of benzene rings is 2. The summed E-state index contributed by atoms with van der Waals surface area (Å²) in [5, 5.41) is 3.51. The summed E-state index contributed by atoms with van der Waals surface area (Å²) in [6.45, 7) is 5.87. The molecule has 0 spiro atoms. The van der Waals surface area contributed by atoms with Crippen molar-refractivity contribution >= 4 is 34.6 Å². The molecule has 2 saturated heterocycles. The standard InChI is InChI=1S/C30H34N6O/c1-37-28-8-3-2-5-25(28)34-19-21-35(22-20-34)26-6-4-7-27-30(26)33-29(10-9-23-11-15-31-16-12-23)36(27)24-13-17-32-18-14-24/h2-12,15-16,24,32H,13-14,17-22H2,1H3/b10-9+. The molecule has 6 rings (SSSR count). The van der Waals surface area contributed by atoms with Crippen LogP contribution in [-0.2, 0) is 0 Å². The molecule has 4 heterocycles. The van der Waals surface area contributed by atoms with Crippen molar-refractivity contribution in [1.29, 1.82) is 0 Å². The van der Waals surface area contributed by atoms with E-state index in [4.69, 9.17) is 9.72 Å². The predicted molar refractivity (Wildman–Crippen MR) is 151 cm³/mol. The Bertz CT molecular complexity index is 1370. The number of aromatic nitrogens is 3. The van der Waals surface area contributed by atoms with Crippen molar-refractivity contribution in [1.82, 2.24) is 19.9 Å². The van der Waals surface area contributed by atoms with Gasteiger partial charge in [-0.2, -0.15) is 0 Å². The number of pyridine rings is 1. The summed E-state index contributed by atoms with van der Waals surface area (Å²) in [6.07, 6.45) is 10.2. The van der Waals surface area contributed by atoms with E-state index >= 15 is 0 Å². The molecule has 0 bridgehead atoms. The zero-order valence-electron chi connectivity index (χ0n) is 21.4. The maximum atomic E-state index is 5.61. The predicted octanol–water partition coefficient (Wildman–Crippen LogP) is 4.86. The maximum Gasteiger partial charge on any atom is 0.142 e. The van der Waals surface area contributed by atoms with E-state index in [1.165, 1.54) is 16.9 Å². The smallest absolute Gasteiger partial charge is 0.142 e. The summed E-state index contributed by atoms with van der Waals surface area (Å²) in [5.41, 5.74) is 5.85. The Morgan fingerprint density at radius 1 is 0.838 bits per heavy atom. The lowest BCUT2D eigenvalue weighted by Gasteiger charge is -2.37. The number of anilines is 2. The second kappa shape index (κ2) is 10.6. The second-order valence-electron chi connectivity index (χ2n) is 9.73. The Morgan fingerprint density at radius 3 is 2.30 bits per heavy atom. The van der Waals surface area contributed by atoms with Crippen molar-refractivity contribution in [3.63, 3.8) is 0 Å². The van der Waals surface area contributed by atoms with Gasteiger partial charge in [-0.25, -0.2) is 4.98 Å². The molecule has 0 aliphatic carbocycles. The van der Waals surface area contributed by atoms with Crippen molar-refractivity contribution in [2.45, 2.75) is 18.9 Å². The van der Waals surface area contributed by atoms with Crippen LogP contribution in [0.3, 0.4) is 0 Å². The fourth-order valence-electron chi connectivity index (χ4n) is 5.67. The molecule has 190 valence electrons. The normalized spacial score (nSPS) is 17.1. The summed E-state index contributed by atoms with van der Waals surface area (Å²) < 4.78 is 8.09. The number of imidazole rings is 1. The molecule has 4 aromatic rings. The van der Waals surface area contributed by atoms with Gasteiger partial charge in [-0.3, -0.25) is 4.98 Å². The van der Waals surface area contributed by atoms with Crippen LogP contribution in [0.1, 0.15) is 30.3 Å². The molecule has 0 radical (unpaired) electrons. The Balaban J connectivity index is 1.32. The molecular formula is C30H34N6O. The van der Waals surface area contributed by atoms with Crippen molar-refractivity contribution in [2.75, 3.05) is 56.2 Å². The number of hydrogen-bond acceptors (Lipinski definition) is 6. The average Bonchev–Trinajstić information content (AvgIpc) is 3.36. The number of hydrogen-bond donors (Lipinski definition) is 1. The number of nitrogens with one attached hydrogen (secondary N) is 1. The van der Waals surface area contributed by atoms with Crippen LogP contribution in [0.15, 0.2) is 67.0 Å². The average molecular weight is 495 g/mol. The highest BCUT2D eigenvalue weighted by Gasteiger charge is 2.25. The maximum absolute atomic E-state index is 5.61. The van der Waals surface area contributed by atoms with E-state index in [-0.39, 0.29) is 0 Å². The number of rotatable bonds is 6. The van der Waals surface area contributed by atoms with Gasteiger partial charge in [0.25, 0.3) is 0 Å². The fraction of sp³-hybridized carbons (Fsp3) is 0.333. The van der Waals surface area contributed by atoms with Gasteiger partial charge in [0.1, 0.15) is 17.1 Å². The molecule has 7 heteroatoms. The van der Waals surface area contributed by atoms with Gasteiger partial charge in [-0.05, 0) is 74.0 Å². The molecule has 0 amide bonds. The van der Waals surface area contributed by atoms with E-state index in [1.807, 2.05) is 36.7 Å². The Labute approximate surface area is 218 Å². The van der Waals surface area contributed by atoms with Gasteiger partial charge in [0, 0.05) is 44.6 Å². The van der Waals surface area contributed by atoms with Crippen LogP contribution >= 0.6 is 0 Å². The Morgan fingerprint density at radius 2 is 1.54 bits per heavy atom. The molecular weight excluding hydrogens is 460 g/mol. The number of piperidine rings is 1. The third-order valence-electron chi connectivity index (χ3n) is 7.58. The Hall–Kier alpha value is -3.84. The molecule has 2 aliphatic rings. The van der Waals surface area contributed by atoms with Crippen LogP contribution in [0.2, 0.25) is 0 Å². The van der Waals surface area contributed by atoms with Gasteiger partial charge in [-0.1, -0.05) is 24.3 Å². The number of piperazine rings is 1. The topological polar surface area (TPSA) is 58.5 Å². The zero-order chi connectivity index (χ0) is 25.0. The number of ether oxygens (including phenoxy) is 1. The lowest BCUT2D eigenvalue weighted by Crippen LogP contribution is -2.46. The summed E-state index contributed by atoms with van der Waals surface area (Å²) in [5.74, 6) is 1.96. The minimum Gasteiger partial charge on any atom is -0.495 e. The molecule has 2 aliphatic heterocycles. The SMILES string of the molecule is COc1ccccc1N1CCN(c2cccc3c2nc(/C=C/c2ccncc2)n3C2CCNCC2)CC1. The third-order valence-corrected chi connectivity index (χ3v) is 7.58. The van der Waals surface area contributed by atoms with Gasteiger partial charge in [0.2, 0.25) is 0 Å². The van der Waals surface area contributed by atoms with Crippen LogP contribution in [0.25, 0.3) is 23.2 Å². The molecule has 37 heavy (non-hydrogen) atoms. The number of fused-ring (bicyclic) bond motifs is 1. The van der Waals surface area contributed by atoms with E-state index < -0.39 is 0 Å². The van der Waals surface area contributed by atoms with E-state index in [1.54, 1.807) is 7.11 Å². The van der Waals surface area contributed by atoms with Crippen molar-refractivity contribution < 1.29 is 4.74 Å². The number of para-hydroxylation sites is 3. The van der Waals surface area contributed by atoms with Crippen LogP contribution in [-0.4, -0.2) is 60.9 Å². The minimum atomic E-state index is 0.445. The molecule has 2 aromatic heterocycles. The van der Waals surface area contributed by atoms with E-state index in [9.17, 15) is 0 Å². The number of methoxy groups -OCH3 is 1. The van der Waals surface area contributed by atoms with Gasteiger partial charge in [0.05, 0.1) is 24.0 Å². The van der Waals surface area contributed by atoms with Gasteiger partial charge < -0.3 is 24.4 Å². The lowest BCUT2D eigenvalue weighted by atomic mass is 10.1. The van der Waals surface area contributed by atoms with Crippen molar-refractivity contribution in [2.24, 2.45) is 0 Å². The van der Waals surface area contributed by atoms with Crippen molar-refractivity contribution in [3.05, 3.63) is 78.4 Å². The largest absolute Gasteiger partial charge is 0.495 e. The van der Waals surface area contributed by atoms with E-state index in [2.05, 4.69) is 67.2 Å². The van der Waals surface area contributed by atoms with E-state index in [0.29, 0.717) is 6.04 Å². The number of nitrogens with zero attached hydrogens (tertiary/aromatic N) is 5. The summed E-state index contributed by atoms with van der Waals surface area (Å²) in [7, 11) is 1.75. The van der Waals surface area contributed by atoms with Crippen LogP contribution in [0.4, 0.5) is 11.4 Å². The van der Waals surface area contributed by atoms with Gasteiger partial charge in [-0.15, -0.1) is 0 Å². The first-order valence-electron chi connectivity index (χ1n) is 13.2. The highest BCUT2D eigenvalue weighted by Crippen LogP contribution is 2.34. The highest BCUT2D eigenvalue weighted by atomic mass is 16.5. The summed E-state index contributed by atoms with van der Waals surface area (Å²) >= 11 is 0. The molecule has 2 fully saturated rings. The minimum absolute atomic E-state index is 0.445. The first-order chi connectivity index (χ1) is 18.3. The molecule has 7 nitrogen and oxygen atoms in total. The molecule has 0 atom stereocenters. The van der Waals surface area contributed by atoms with Gasteiger partial charge in [0.15, 0.2) is 0 Å². The van der Waals surface area contributed by atoms with Crippen LogP contribution in [0, 0.1) is 0 Å². The lowest BCUT2D eigenvalue weighted by molar-refractivity contribution is 0.373. The van der Waals surface area contributed by atoms with Gasteiger partial charge >= 0.3 is 0 Å². The summed E-state index contributed by atoms with van der Waals surface area (Å²) in [4.78, 5) is 14.3. The molecule has 1 N–H and O–H groups in total. The van der Waals surface area contributed by atoms with Crippen LogP contribution < -0.4 is 19.9 Å². The van der Waals surface area contributed by atoms with Crippen LogP contribution in [0.5, 0.6) is 5.75 Å². The fourth-order valence-corrected chi connectivity index (χ4v) is 5.67. The third kappa shape index (κ3) is 4.79. The first kappa shape index (κ1) is 23.6. The second-order valence-corrected chi connectivity index (χ2v) is 9.73. The Kier molecular flexibility index (Phi) is 6.78. The van der Waals surface area contributed by atoms with Crippen molar-refractivity contribution in [3.8, 4) is 5.75 Å². The first-order valence-corrected chi connectivity index (χ1v) is 13.2. The quantitative estimate of drug-likeness (QED) is 0.413. The molecule has 2 aromatic carbocycles. The summed E-state index contributed by atoms with van der Waals surface area (Å²) in [6, 6.07) is 19.5. The zero-order valence-corrected chi connectivity index (χ0v) is 21.4. The van der Waals surface area contributed by atoms with E-state index in [0.717, 1.165) is 74.8 Å². The molecule has 0 unspecified atom stereocenters. The molecule has 0 saturated carbocycles. The highest BCUT2D eigenvalue weighted by molar-refractivity contribution is 5.91.